The Balaban J connectivity index is 2.26. The molecule has 102 valence electrons. The maximum atomic E-state index is 12.3. The molecule has 1 aliphatic rings. The van der Waals surface area contributed by atoms with Gasteiger partial charge in [0.15, 0.2) is 6.29 Å². The largest absolute Gasteiger partial charge is 0.305 e. The molecule has 1 aromatic carbocycles. The van der Waals surface area contributed by atoms with E-state index in [1.54, 1.807) is 28.8 Å². The fourth-order valence-corrected chi connectivity index (χ4v) is 2.78. The molecule has 0 spiro atoms. The maximum Gasteiger partial charge on any atom is 0.261 e. The van der Waals surface area contributed by atoms with Gasteiger partial charge in [-0.15, -0.1) is 0 Å². The van der Waals surface area contributed by atoms with Crippen molar-refractivity contribution in [1.82, 2.24) is 4.57 Å². The number of pyridine rings is 1. The van der Waals surface area contributed by atoms with Crippen LogP contribution in [0.3, 0.4) is 0 Å². The van der Waals surface area contributed by atoms with Crippen LogP contribution in [-0.4, -0.2) is 10.9 Å². The minimum atomic E-state index is -0.258. The Morgan fingerprint density at radius 1 is 1.15 bits per heavy atom. The lowest BCUT2D eigenvalue weighted by atomic mass is 10.1. The molecule has 3 nitrogen and oxygen atoms in total. The van der Waals surface area contributed by atoms with Crippen molar-refractivity contribution in [1.29, 1.82) is 0 Å². The first kappa shape index (κ1) is 13.4. The van der Waals surface area contributed by atoms with E-state index in [9.17, 15) is 9.59 Å². The Bertz CT molecular complexity index is 748. The van der Waals surface area contributed by atoms with Crippen LogP contribution in [0.5, 0.6) is 0 Å². The quantitative estimate of drug-likeness (QED) is 0.805. The van der Waals surface area contributed by atoms with Gasteiger partial charge < -0.3 is 4.57 Å². The minimum Gasteiger partial charge on any atom is -0.305 e. The van der Waals surface area contributed by atoms with Crippen LogP contribution >= 0.6 is 23.2 Å². The van der Waals surface area contributed by atoms with Crippen molar-refractivity contribution in [3.05, 3.63) is 56.3 Å². The highest BCUT2D eigenvalue weighted by Gasteiger charge is 2.28. The number of benzene rings is 1. The van der Waals surface area contributed by atoms with Crippen LogP contribution in [0.15, 0.2) is 35.1 Å². The zero-order valence-electron chi connectivity index (χ0n) is 10.5. The van der Waals surface area contributed by atoms with Gasteiger partial charge in [-0.25, -0.2) is 0 Å². The van der Waals surface area contributed by atoms with E-state index >= 15 is 0 Å². The second-order valence-electron chi connectivity index (χ2n) is 4.82. The average Bonchev–Trinajstić information content (AvgIpc) is 3.23. The lowest BCUT2D eigenvalue weighted by molar-refractivity contribution is 0.112. The predicted octanol–water partition coefficient (Wildman–Crippen LogP) is 3.97. The molecular weight excluding hydrogens is 297 g/mol. The SMILES string of the molecule is O=Cc1ccc(-c2ccc(Cl)cc2Cl)n(C2CC2)c1=O. The number of aldehydes is 1. The summed E-state index contributed by atoms with van der Waals surface area (Å²) in [7, 11) is 0. The maximum absolute atomic E-state index is 12.3. The molecule has 1 heterocycles. The molecule has 0 aliphatic heterocycles. The van der Waals surface area contributed by atoms with E-state index in [-0.39, 0.29) is 17.2 Å². The molecule has 20 heavy (non-hydrogen) atoms. The summed E-state index contributed by atoms with van der Waals surface area (Å²) in [5, 5.41) is 1.04. The van der Waals surface area contributed by atoms with Gasteiger partial charge in [0, 0.05) is 16.6 Å². The molecule has 0 unspecified atom stereocenters. The summed E-state index contributed by atoms with van der Waals surface area (Å²) >= 11 is 12.1. The number of carbonyl (C=O) groups is 1. The molecule has 0 saturated heterocycles. The molecule has 2 aromatic rings. The second kappa shape index (κ2) is 5.08. The summed E-state index contributed by atoms with van der Waals surface area (Å²) in [6.07, 6.45) is 2.48. The standard InChI is InChI=1S/C15H11Cl2NO2/c16-10-2-5-12(13(17)7-10)14-6-1-9(8-19)15(20)18(14)11-3-4-11/h1-2,5-8,11H,3-4H2. The molecule has 1 aromatic heterocycles. The number of halogens is 2. The summed E-state index contributed by atoms with van der Waals surface area (Å²) in [4.78, 5) is 23.2. The summed E-state index contributed by atoms with van der Waals surface area (Å²) in [6.45, 7) is 0. The van der Waals surface area contributed by atoms with Gasteiger partial charge in [-0.05, 0) is 43.2 Å². The topological polar surface area (TPSA) is 39.1 Å². The third-order valence-corrected chi connectivity index (χ3v) is 3.94. The van der Waals surface area contributed by atoms with E-state index in [1.165, 1.54) is 6.07 Å². The van der Waals surface area contributed by atoms with Crippen molar-refractivity contribution < 1.29 is 4.79 Å². The van der Waals surface area contributed by atoms with Gasteiger partial charge in [0.2, 0.25) is 0 Å². The lowest BCUT2D eigenvalue weighted by Gasteiger charge is -2.14. The zero-order valence-corrected chi connectivity index (χ0v) is 12.0. The van der Waals surface area contributed by atoms with Crippen molar-refractivity contribution in [2.45, 2.75) is 18.9 Å². The summed E-state index contributed by atoms with van der Waals surface area (Å²) < 4.78 is 1.67. The highest BCUT2D eigenvalue weighted by Crippen LogP contribution is 2.39. The Hall–Kier alpha value is -1.58. The van der Waals surface area contributed by atoms with E-state index in [0.717, 1.165) is 24.1 Å². The van der Waals surface area contributed by atoms with Crippen LogP contribution in [0.2, 0.25) is 10.0 Å². The molecule has 1 aliphatic carbocycles. The molecule has 0 N–H and O–H groups in total. The summed E-state index contributed by atoms with van der Waals surface area (Å²) in [6, 6.07) is 8.63. The Kier molecular flexibility index (Phi) is 3.40. The van der Waals surface area contributed by atoms with Gasteiger partial charge in [0.05, 0.1) is 16.3 Å². The number of hydrogen-bond acceptors (Lipinski definition) is 2. The monoisotopic (exact) mass is 307 g/mol. The lowest BCUT2D eigenvalue weighted by Crippen LogP contribution is -2.24. The van der Waals surface area contributed by atoms with Gasteiger partial charge in [0.25, 0.3) is 5.56 Å². The van der Waals surface area contributed by atoms with Crippen LogP contribution in [0.4, 0.5) is 0 Å². The van der Waals surface area contributed by atoms with Crippen LogP contribution in [0, 0.1) is 0 Å². The van der Waals surface area contributed by atoms with Gasteiger partial charge in [-0.1, -0.05) is 23.2 Å². The van der Waals surface area contributed by atoms with Crippen molar-refractivity contribution >= 4 is 29.5 Å². The van der Waals surface area contributed by atoms with E-state index in [0.29, 0.717) is 16.3 Å². The molecule has 3 rings (SSSR count). The first-order valence-corrected chi connectivity index (χ1v) is 7.03. The number of aromatic nitrogens is 1. The highest BCUT2D eigenvalue weighted by molar-refractivity contribution is 6.36. The van der Waals surface area contributed by atoms with Crippen LogP contribution in [0.25, 0.3) is 11.3 Å². The van der Waals surface area contributed by atoms with E-state index in [2.05, 4.69) is 0 Å². The Morgan fingerprint density at radius 2 is 1.90 bits per heavy atom. The average molecular weight is 308 g/mol. The van der Waals surface area contributed by atoms with Crippen molar-refractivity contribution in [2.24, 2.45) is 0 Å². The van der Waals surface area contributed by atoms with Gasteiger partial charge in [-0.2, -0.15) is 0 Å². The predicted molar refractivity (Wildman–Crippen MR) is 79.8 cm³/mol. The third-order valence-electron chi connectivity index (χ3n) is 3.39. The molecular formula is C15H11Cl2NO2. The van der Waals surface area contributed by atoms with Gasteiger partial charge in [-0.3, -0.25) is 9.59 Å². The van der Waals surface area contributed by atoms with Gasteiger partial charge >= 0.3 is 0 Å². The highest BCUT2D eigenvalue weighted by atomic mass is 35.5. The molecule has 0 atom stereocenters. The molecule has 0 radical (unpaired) electrons. The second-order valence-corrected chi connectivity index (χ2v) is 5.67. The fourth-order valence-electron chi connectivity index (χ4n) is 2.27. The fraction of sp³-hybridized carbons (Fsp3) is 0.200. The molecule has 5 heteroatoms. The van der Waals surface area contributed by atoms with E-state index < -0.39 is 0 Å². The normalized spacial score (nSPS) is 14.3. The van der Waals surface area contributed by atoms with E-state index in [4.69, 9.17) is 23.2 Å². The Morgan fingerprint density at radius 3 is 2.50 bits per heavy atom. The van der Waals surface area contributed by atoms with Gasteiger partial charge in [0.1, 0.15) is 0 Å². The minimum absolute atomic E-state index is 0.157. The molecule has 0 amide bonds. The van der Waals surface area contributed by atoms with Crippen LogP contribution < -0.4 is 5.56 Å². The van der Waals surface area contributed by atoms with Crippen molar-refractivity contribution in [3.63, 3.8) is 0 Å². The number of hydrogen-bond donors (Lipinski definition) is 0. The molecule has 1 fully saturated rings. The molecule has 0 bridgehead atoms. The van der Waals surface area contributed by atoms with E-state index in [1.807, 2.05) is 0 Å². The first-order valence-electron chi connectivity index (χ1n) is 6.28. The van der Waals surface area contributed by atoms with Crippen LogP contribution in [0.1, 0.15) is 29.2 Å². The zero-order chi connectivity index (χ0) is 14.3. The van der Waals surface area contributed by atoms with Crippen molar-refractivity contribution in [2.75, 3.05) is 0 Å². The first-order chi connectivity index (χ1) is 9.61. The summed E-state index contributed by atoms with van der Waals surface area (Å²) in [5.74, 6) is 0. The van der Waals surface area contributed by atoms with Crippen molar-refractivity contribution in [3.8, 4) is 11.3 Å². The number of rotatable bonds is 3. The Labute approximate surface area is 125 Å². The molecule has 1 saturated carbocycles. The number of carbonyl (C=O) groups excluding carboxylic acids is 1. The smallest absolute Gasteiger partial charge is 0.261 e. The third kappa shape index (κ3) is 2.28. The van der Waals surface area contributed by atoms with Crippen LogP contribution in [-0.2, 0) is 0 Å². The number of nitrogens with zero attached hydrogens (tertiary/aromatic N) is 1. The summed E-state index contributed by atoms with van der Waals surface area (Å²) in [5.41, 5.74) is 1.39.